The molecule has 0 spiro atoms. The molecule has 10 atom stereocenters. The number of benzene rings is 1. The summed E-state index contributed by atoms with van der Waals surface area (Å²) in [6, 6.07) is 11.7. The number of ketones is 1. The molecule has 222 valence electrons. The van der Waals surface area contributed by atoms with E-state index in [9.17, 15) is 20.1 Å². The Morgan fingerprint density at radius 3 is 2.60 bits per heavy atom. The van der Waals surface area contributed by atoms with E-state index in [1.165, 1.54) is 5.57 Å². The Labute approximate surface area is 246 Å². The monoisotopic (exact) mass is 572 g/mol. The summed E-state index contributed by atoms with van der Waals surface area (Å²) in [5, 5.41) is 32.3. The third-order valence-corrected chi connectivity index (χ3v) is 11.4. The average molecular weight is 573 g/mol. The smallest absolute Gasteiger partial charge is 0.193 e. The largest absolute Gasteiger partial charge is 0.393 e. The van der Waals surface area contributed by atoms with Crippen molar-refractivity contribution in [3.05, 3.63) is 83.1 Å². The average Bonchev–Trinajstić information content (AvgIpc) is 3.47. The Bertz CT molecular complexity index is 1440. The van der Waals surface area contributed by atoms with Gasteiger partial charge in [0, 0.05) is 28.5 Å². The molecule has 0 radical (unpaired) electrons. The fourth-order valence-corrected chi connectivity index (χ4v) is 9.52. The number of nitrogens with two attached hydrogens (primary N) is 1. The van der Waals surface area contributed by atoms with Crippen LogP contribution in [0.4, 0.5) is 5.82 Å². The van der Waals surface area contributed by atoms with Crippen LogP contribution in [0.3, 0.4) is 0 Å². The number of pyridine rings is 1. The Balaban J connectivity index is 1.17. The van der Waals surface area contributed by atoms with E-state index < -0.39 is 42.2 Å². The fourth-order valence-electron chi connectivity index (χ4n) is 9.52. The van der Waals surface area contributed by atoms with Crippen molar-refractivity contribution in [2.75, 3.05) is 12.3 Å². The SMILES string of the molecule is C[C@]12C=CC(O)C=C1CC[C@@H]1C2[C@@H](O)C[C@@]2(C)[C@H]1C[C@H]1O[C@@H](c3ccc(Cc4ccc(N)nc4)cc3)O[C@]12C(=O)CO. The molecule has 3 saturated carbocycles. The number of ether oxygens (including phenoxy) is 2. The lowest BCUT2D eigenvalue weighted by molar-refractivity contribution is -0.201. The van der Waals surface area contributed by atoms with E-state index >= 15 is 0 Å². The van der Waals surface area contributed by atoms with E-state index in [2.05, 4.69) is 24.9 Å². The summed E-state index contributed by atoms with van der Waals surface area (Å²) in [6.45, 7) is 3.60. The number of fused-ring (bicyclic) bond motifs is 7. The molecular formula is C34H40N2O6. The van der Waals surface area contributed by atoms with Crippen LogP contribution >= 0.6 is 0 Å². The number of aliphatic hydroxyl groups is 3. The highest BCUT2D eigenvalue weighted by molar-refractivity contribution is 5.91. The molecule has 5 N–H and O–H groups in total. The van der Waals surface area contributed by atoms with Gasteiger partial charge < -0.3 is 30.5 Å². The van der Waals surface area contributed by atoms with Crippen LogP contribution in [-0.4, -0.2) is 56.6 Å². The summed E-state index contributed by atoms with van der Waals surface area (Å²) < 4.78 is 13.3. The molecule has 1 aromatic heterocycles. The first-order valence-electron chi connectivity index (χ1n) is 15.1. The lowest BCUT2D eigenvalue weighted by atomic mass is 9.46. The molecule has 8 nitrogen and oxygen atoms in total. The number of rotatable bonds is 5. The van der Waals surface area contributed by atoms with E-state index in [0.29, 0.717) is 25.1 Å². The van der Waals surface area contributed by atoms with Crippen molar-refractivity contribution < 1.29 is 29.6 Å². The maximum absolute atomic E-state index is 13.7. The van der Waals surface area contributed by atoms with Crippen LogP contribution in [0.25, 0.3) is 0 Å². The predicted molar refractivity (Wildman–Crippen MR) is 156 cm³/mol. The number of aliphatic hydroxyl groups excluding tert-OH is 3. The summed E-state index contributed by atoms with van der Waals surface area (Å²) in [7, 11) is 0. The number of hydrogen-bond acceptors (Lipinski definition) is 8. The van der Waals surface area contributed by atoms with E-state index in [1.807, 2.05) is 42.5 Å². The van der Waals surface area contributed by atoms with Crippen LogP contribution in [0, 0.1) is 28.6 Å². The molecule has 2 unspecified atom stereocenters. The van der Waals surface area contributed by atoms with Crippen LogP contribution in [0.5, 0.6) is 0 Å². The minimum atomic E-state index is -1.34. The molecule has 0 amide bonds. The van der Waals surface area contributed by atoms with Gasteiger partial charge in [-0.2, -0.15) is 0 Å². The Morgan fingerprint density at radius 2 is 1.88 bits per heavy atom. The second kappa shape index (κ2) is 9.82. The molecule has 2 heterocycles. The highest BCUT2D eigenvalue weighted by Crippen LogP contribution is 2.70. The molecule has 4 fully saturated rings. The van der Waals surface area contributed by atoms with Crippen molar-refractivity contribution in [3.63, 3.8) is 0 Å². The molecule has 7 rings (SSSR count). The number of Topliss-reactive ketones (excluding diaryl/α,β-unsaturated/α-hetero) is 1. The third kappa shape index (κ3) is 3.92. The van der Waals surface area contributed by atoms with Crippen molar-refractivity contribution in [1.82, 2.24) is 4.98 Å². The van der Waals surface area contributed by atoms with Gasteiger partial charge in [-0.15, -0.1) is 0 Å². The number of allylic oxidation sites excluding steroid dienone is 2. The minimum absolute atomic E-state index is 0.0287. The summed E-state index contributed by atoms with van der Waals surface area (Å²) >= 11 is 0. The molecule has 1 saturated heterocycles. The van der Waals surface area contributed by atoms with Gasteiger partial charge in [0.1, 0.15) is 12.4 Å². The Morgan fingerprint density at radius 1 is 1.12 bits per heavy atom. The van der Waals surface area contributed by atoms with Gasteiger partial charge >= 0.3 is 0 Å². The maximum Gasteiger partial charge on any atom is 0.193 e. The first-order chi connectivity index (χ1) is 20.1. The Hall–Kier alpha value is -2.88. The quantitative estimate of drug-likeness (QED) is 0.399. The van der Waals surface area contributed by atoms with Crippen LogP contribution in [0.1, 0.15) is 62.5 Å². The Kier molecular flexibility index (Phi) is 6.53. The second-order valence-corrected chi connectivity index (χ2v) is 13.5. The van der Waals surface area contributed by atoms with Crippen LogP contribution in [0.2, 0.25) is 0 Å². The molecule has 1 aromatic carbocycles. The van der Waals surface area contributed by atoms with Gasteiger partial charge in [0.25, 0.3) is 0 Å². The number of anilines is 1. The van der Waals surface area contributed by atoms with Crippen LogP contribution in [0.15, 0.2) is 66.4 Å². The number of nitrogen functional groups attached to an aromatic ring is 1. The highest BCUT2D eigenvalue weighted by Gasteiger charge is 2.75. The van der Waals surface area contributed by atoms with Gasteiger partial charge in [-0.3, -0.25) is 4.79 Å². The zero-order valence-electron chi connectivity index (χ0n) is 24.1. The number of carbonyl (C=O) groups is 1. The van der Waals surface area contributed by atoms with Crippen LogP contribution < -0.4 is 5.73 Å². The lowest BCUT2D eigenvalue weighted by Crippen LogP contribution is -2.63. The zero-order valence-corrected chi connectivity index (χ0v) is 24.1. The van der Waals surface area contributed by atoms with Crippen molar-refractivity contribution in [3.8, 4) is 0 Å². The second-order valence-electron chi connectivity index (χ2n) is 13.5. The number of hydrogen-bond donors (Lipinski definition) is 4. The number of nitrogens with zero attached hydrogens (tertiary/aromatic N) is 1. The van der Waals surface area contributed by atoms with Gasteiger partial charge in [0.15, 0.2) is 17.7 Å². The molecule has 1 aliphatic heterocycles. The molecule has 2 aromatic rings. The van der Waals surface area contributed by atoms with Gasteiger partial charge in [-0.1, -0.05) is 68.0 Å². The molecular weight excluding hydrogens is 532 g/mol. The van der Waals surface area contributed by atoms with Gasteiger partial charge in [-0.05, 0) is 61.1 Å². The van der Waals surface area contributed by atoms with Gasteiger partial charge in [0.05, 0.1) is 18.3 Å². The van der Waals surface area contributed by atoms with Gasteiger partial charge in [0.2, 0.25) is 0 Å². The predicted octanol–water partition coefficient (Wildman–Crippen LogP) is 3.65. The summed E-state index contributed by atoms with van der Waals surface area (Å²) in [5.74, 6) is 0.327. The topological polar surface area (TPSA) is 135 Å². The molecule has 5 aliphatic rings. The zero-order chi connectivity index (χ0) is 29.4. The summed E-state index contributed by atoms with van der Waals surface area (Å²) in [5.41, 5.74) is 7.48. The number of carbonyl (C=O) groups excluding carboxylic acids is 1. The van der Waals surface area contributed by atoms with Gasteiger partial charge in [-0.25, -0.2) is 4.98 Å². The maximum atomic E-state index is 13.7. The van der Waals surface area contributed by atoms with E-state index in [-0.39, 0.29) is 29.0 Å². The van der Waals surface area contributed by atoms with E-state index in [1.54, 1.807) is 12.3 Å². The number of aromatic nitrogens is 1. The highest BCUT2D eigenvalue weighted by atomic mass is 16.7. The fraction of sp³-hybridized carbons (Fsp3) is 0.529. The van der Waals surface area contributed by atoms with E-state index in [0.717, 1.165) is 29.5 Å². The normalized spacial score (nSPS) is 41.8. The van der Waals surface area contributed by atoms with Crippen molar-refractivity contribution >= 4 is 11.6 Å². The first kappa shape index (κ1) is 27.9. The third-order valence-electron chi connectivity index (χ3n) is 11.4. The van der Waals surface area contributed by atoms with E-state index in [4.69, 9.17) is 15.2 Å². The van der Waals surface area contributed by atoms with Crippen molar-refractivity contribution in [2.45, 2.75) is 76.2 Å². The minimum Gasteiger partial charge on any atom is -0.393 e. The van der Waals surface area contributed by atoms with Crippen molar-refractivity contribution in [2.24, 2.45) is 28.6 Å². The first-order valence-corrected chi connectivity index (χ1v) is 15.1. The lowest BCUT2D eigenvalue weighted by Gasteiger charge is -2.60. The molecule has 4 aliphatic carbocycles. The molecule has 0 bridgehead atoms. The summed E-state index contributed by atoms with van der Waals surface area (Å²) in [4.78, 5) is 17.9. The summed E-state index contributed by atoms with van der Waals surface area (Å²) in [6.07, 6.45) is 8.52. The molecule has 42 heavy (non-hydrogen) atoms. The molecule has 8 heteroatoms. The van der Waals surface area contributed by atoms with Crippen LogP contribution in [-0.2, 0) is 20.7 Å². The van der Waals surface area contributed by atoms with Crippen molar-refractivity contribution in [1.29, 1.82) is 0 Å². The standard InChI is InChI=1S/C34H40N2O6/c1-32-12-11-23(38)14-22(32)8-9-24-25-15-28-34(27(40)18-37,33(25,2)16-26(39)30(24)32)42-31(41-28)21-6-3-19(4-7-21)13-20-5-10-29(35)36-17-20/h3-7,10-12,14,17,23-26,28,30-31,37-39H,8-9,13,15-16,18H2,1-2H3,(H2,35,36)/t23?,24-,25-,26-,28+,30?,31+,32-,33-,34+/m0/s1.